The number of nitrogens with one attached hydrogen (secondary N) is 1. The van der Waals surface area contributed by atoms with Crippen LogP contribution in [0, 0.1) is 13.8 Å². The van der Waals surface area contributed by atoms with E-state index in [4.69, 9.17) is 5.73 Å². The second-order valence-corrected chi connectivity index (χ2v) is 7.22. The normalized spacial score (nSPS) is 12.1. The number of anilines is 1. The van der Waals surface area contributed by atoms with Gasteiger partial charge in [-0.25, -0.2) is 4.98 Å². The Morgan fingerprint density at radius 1 is 1.43 bits per heavy atom. The second-order valence-electron chi connectivity index (χ2n) is 4.79. The number of nitrogens with two attached hydrogens (primary N) is 1. The standard InChI is InChI=1S/C15H19N3OS2/c1-9(15-10(2)21-11(3)18-15)17-12-6-4-5-7-13(12)20-8-14(16)19/h4-7,9,17H,8H2,1-3H3,(H2,16,19). The molecule has 6 heteroatoms. The monoisotopic (exact) mass is 321 g/mol. The summed E-state index contributed by atoms with van der Waals surface area (Å²) in [6.45, 7) is 6.20. The lowest BCUT2D eigenvalue weighted by Gasteiger charge is -2.17. The van der Waals surface area contributed by atoms with Crippen molar-refractivity contribution in [3.05, 3.63) is 39.8 Å². The van der Waals surface area contributed by atoms with Crippen molar-refractivity contribution in [2.45, 2.75) is 31.7 Å². The molecule has 1 amide bonds. The van der Waals surface area contributed by atoms with E-state index in [-0.39, 0.29) is 17.7 Å². The zero-order valence-electron chi connectivity index (χ0n) is 12.3. The average Bonchev–Trinajstić information content (AvgIpc) is 2.76. The molecule has 0 aliphatic rings. The molecule has 21 heavy (non-hydrogen) atoms. The van der Waals surface area contributed by atoms with Crippen LogP contribution < -0.4 is 11.1 Å². The quantitative estimate of drug-likeness (QED) is 0.799. The molecule has 2 rings (SSSR count). The summed E-state index contributed by atoms with van der Waals surface area (Å²) in [6.07, 6.45) is 0. The Kier molecular flexibility index (Phi) is 5.25. The summed E-state index contributed by atoms with van der Waals surface area (Å²) in [5.41, 5.74) is 7.29. The average molecular weight is 321 g/mol. The van der Waals surface area contributed by atoms with Crippen LogP contribution in [-0.4, -0.2) is 16.6 Å². The van der Waals surface area contributed by atoms with Crippen LogP contribution in [0.4, 0.5) is 5.69 Å². The molecule has 1 atom stereocenters. The minimum absolute atomic E-state index is 0.116. The predicted molar refractivity (Wildman–Crippen MR) is 90.0 cm³/mol. The Hall–Kier alpha value is -1.53. The van der Waals surface area contributed by atoms with Gasteiger partial charge in [0.15, 0.2) is 0 Å². The van der Waals surface area contributed by atoms with Crippen LogP contribution in [0.15, 0.2) is 29.2 Å². The van der Waals surface area contributed by atoms with Crippen molar-refractivity contribution in [2.75, 3.05) is 11.1 Å². The van der Waals surface area contributed by atoms with E-state index >= 15 is 0 Å². The van der Waals surface area contributed by atoms with Gasteiger partial charge in [0.1, 0.15) is 0 Å². The van der Waals surface area contributed by atoms with Crippen molar-refractivity contribution in [3.63, 3.8) is 0 Å². The number of thioether (sulfide) groups is 1. The number of hydrogen-bond donors (Lipinski definition) is 2. The highest BCUT2D eigenvalue weighted by Gasteiger charge is 2.14. The Labute approximate surface area is 133 Å². The van der Waals surface area contributed by atoms with Gasteiger partial charge < -0.3 is 11.1 Å². The number of hydrogen-bond acceptors (Lipinski definition) is 5. The lowest BCUT2D eigenvalue weighted by atomic mass is 10.2. The number of carbonyl (C=O) groups excluding carboxylic acids is 1. The van der Waals surface area contributed by atoms with E-state index in [1.54, 1.807) is 11.3 Å². The van der Waals surface area contributed by atoms with Crippen molar-refractivity contribution in [3.8, 4) is 0 Å². The third-order valence-electron chi connectivity index (χ3n) is 2.98. The Morgan fingerprint density at radius 2 is 2.14 bits per heavy atom. The molecule has 0 radical (unpaired) electrons. The highest BCUT2D eigenvalue weighted by molar-refractivity contribution is 8.00. The third-order valence-corrected chi connectivity index (χ3v) is 4.98. The topological polar surface area (TPSA) is 68.0 Å². The molecule has 1 aromatic heterocycles. The van der Waals surface area contributed by atoms with Gasteiger partial charge in [-0.2, -0.15) is 0 Å². The number of rotatable bonds is 6. The van der Waals surface area contributed by atoms with Crippen molar-refractivity contribution in [1.82, 2.24) is 4.98 Å². The van der Waals surface area contributed by atoms with Gasteiger partial charge in [0.05, 0.1) is 22.5 Å². The van der Waals surface area contributed by atoms with Gasteiger partial charge in [0, 0.05) is 15.5 Å². The van der Waals surface area contributed by atoms with Gasteiger partial charge in [0.2, 0.25) is 5.91 Å². The third kappa shape index (κ3) is 4.22. The molecule has 4 nitrogen and oxygen atoms in total. The molecule has 1 heterocycles. The molecule has 0 aliphatic carbocycles. The summed E-state index contributed by atoms with van der Waals surface area (Å²) >= 11 is 3.16. The number of nitrogens with zero attached hydrogens (tertiary/aromatic N) is 1. The predicted octanol–water partition coefficient (Wildman–Crippen LogP) is 3.51. The SMILES string of the molecule is Cc1nc(C(C)Nc2ccccc2SCC(N)=O)c(C)s1. The highest BCUT2D eigenvalue weighted by atomic mass is 32.2. The summed E-state index contributed by atoms with van der Waals surface area (Å²) < 4.78 is 0. The van der Waals surface area contributed by atoms with Crippen LogP contribution in [0.1, 0.15) is 28.5 Å². The van der Waals surface area contributed by atoms with Crippen molar-refractivity contribution < 1.29 is 4.79 Å². The van der Waals surface area contributed by atoms with Crippen LogP contribution in [0.3, 0.4) is 0 Å². The van der Waals surface area contributed by atoms with Crippen LogP contribution in [0.2, 0.25) is 0 Å². The number of benzene rings is 1. The fourth-order valence-electron chi connectivity index (χ4n) is 2.11. The number of carbonyl (C=O) groups is 1. The maximum Gasteiger partial charge on any atom is 0.227 e. The number of aryl methyl sites for hydroxylation is 2. The Balaban J connectivity index is 2.15. The number of thiazole rings is 1. The van der Waals surface area contributed by atoms with Gasteiger partial charge in [0.25, 0.3) is 0 Å². The van der Waals surface area contributed by atoms with E-state index in [1.165, 1.54) is 16.6 Å². The molecule has 1 unspecified atom stereocenters. The lowest BCUT2D eigenvalue weighted by molar-refractivity contribution is -0.115. The molecule has 1 aromatic carbocycles. The van der Waals surface area contributed by atoms with Crippen LogP contribution in [0.5, 0.6) is 0 Å². The van der Waals surface area contributed by atoms with E-state index < -0.39 is 0 Å². The minimum Gasteiger partial charge on any atom is -0.376 e. The van der Waals surface area contributed by atoms with E-state index in [0.717, 1.165) is 21.3 Å². The first kappa shape index (κ1) is 15.9. The first-order valence-corrected chi connectivity index (χ1v) is 8.48. The van der Waals surface area contributed by atoms with Crippen molar-refractivity contribution >= 4 is 34.7 Å². The molecule has 0 aliphatic heterocycles. The molecule has 0 fully saturated rings. The second kappa shape index (κ2) is 6.95. The zero-order chi connectivity index (χ0) is 15.4. The van der Waals surface area contributed by atoms with Crippen molar-refractivity contribution in [2.24, 2.45) is 5.73 Å². The number of para-hydroxylation sites is 1. The molecular weight excluding hydrogens is 302 g/mol. The molecule has 112 valence electrons. The van der Waals surface area contributed by atoms with Gasteiger partial charge in [-0.15, -0.1) is 23.1 Å². The molecule has 0 saturated heterocycles. The first-order valence-electron chi connectivity index (χ1n) is 6.68. The smallest absolute Gasteiger partial charge is 0.227 e. The Morgan fingerprint density at radius 3 is 2.76 bits per heavy atom. The Bertz CT molecular complexity index is 640. The summed E-state index contributed by atoms with van der Waals surface area (Å²) in [5.74, 6) is -0.0316. The van der Waals surface area contributed by atoms with Crippen LogP contribution in [0.25, 0.3) is 0 Å². The molecule has 0 bridgehead atoms. The summed E-state index contributed by atoms with van der Waals surface area (Å²) in [6, 6.07) is 8.04. The first-order chi connectivity index (χ1) is 9.97. The minimum atomic E-state index is -0.311. The van der Waals surface area contributed by atoms with E-state index in [9.17, 15) is 4.79 Å². The number of amides is 1. The summed E-state index contributed by atoms with van der Waals surface area (Å²) in [7, 11) is 0. The van der Waals surface area contributed by atoms with Crippen LogP contribution in [-0.2, 0) is 4.79 Å². The zero-order valence-corrected chi connectivity index (χ0v) is 14.0. The van der Waals surface area contributed by atoms with Gasteiger partial charge in [-0.05, 0) is 32.9 Å². The highest BCUT2D eigenvalue weighted by Crippen LogP contribution is 2.31. The summed E-state index contributed by atoms with van der Waals surface area (Å²) in [5, 5.41) is 4.55. The van der Waals surface area contributed by atoms with Crippen LogP contribution >= 0.6 is 23.1 Å². The van der Waals surface area contributed by atoms with Gasteiger partial charge >= 0.3 is 0 Å². The van der Waals surface area contributed by atoms with E-state index in [1.807, 2.05) is 31.2 Å². The molecule has 3 N–H and O–H groups in total. The summed E-state index contributed by atoms with van der Waals surface area (Å²) in [4.78, 5) is 17.8. The molecule has 2 aromatic rings. The lowest BCUT2D eigenvalue weighted by Crippen LogP contribution is -2.13. The largest absolute Gasteiger partial charge is 0.376 e. The van der Waals surface area contributed by atoms with Crippen molar-refractivity contribution in [1.29, 1.82) is 0 Å². The fraction of sp³-hybridized carbons (Fsp3) is 0.333. The maximum absolute atomic E-state index is 10.9. The molecule has 0 saturated carbocycles. The molecule has 0 spiro atoms. The number of aromatic nitrogens is 1. The number of primary amides is 1. The fourth-order valence-corrected chi connectivity index (χ4v) is 3.78. The molecular formula is C15H19N3OS2. The maximum atomic E-state index is 10.9. The van der Waals surface area contributed by atoms with E-state index in [2.05, 4.69) is 24.1 Å². The van der Waals surface area contributed by atoms with Gasteiger partial charge in [-0.3, -0.25) is 4.79 Å². The van der Waals surface area contributed by atoms with E-state index in [0.29, 0.717) is 0 Å². The van der Waals surface area contributed by atoms with Gasteiger partial charge in [-0.1, -0.05) is 12.1 Å².